The van der Waals surface area contributed by atoms with E-state index in [4.69, 9.17) is 0 Å². The second-order valence-corrected chi connectivity index (χ2v) is 5.30. The van der Waals surface area contributed by atoms with E-state index in [0.717, 1.165) is 38.8 Å². The van der Waals surface area contributed by atoms with Crippen molar-refractivity contribution >= 4 is 18.3 Å². The van der Waals surface area contributed by atoms with Crippen molar-refractivity contribution in [3.05, 3.63) is 0 Å². The van der Waals surface area contributed by atoms with E-state index in [1.807, 2.05) is 4.90 Å². The molecule has 18 heavy (non-hydrogen) atoms. The third kappa shape index (κ3) is 4.41. The van der Waals surface area contributed by atoms with E-state index in [1.54, 1.807) is 0 Å². The van der Waals surface area contributed by atoms with Gasteiger partial charge in [-0.05, 0) is 19.9 Å². The van der Waals surface area contributed by atoms with Crippen LogP contribution in [0.3, 0.4) is 0 Å². The maximum atomic E-state index is 12.0. The first-order valence-corrected chi connectivity index (χ1v) is 6.96. The monoisotopic (exact) mass is 275 g/mol. The molecule has 1 saturated carbocycles. The smallest absolute Gasteiger partial charge is 0.223 e. The Morgan fingerprint density at radius 3 is 2.50 bits per heavy atom. The Bertz CT molecular complexity index is 251. The largest absolute Gasteiger partial charge is 0.340 e. The van der Waals surface area contributed by atoms with Crippen molar-refractivity contribution < 1.29 is 4.79 Å². The fourth-order valence-corrected chi connectivity index (χ4v) is 2.87. The number of hydrogen-bond donors (Lipinski definition) is 1. The maximum Gasteiger partial charge on any atom is 0.223 e. The summed E-state index contributed by atoms with van der Waals surface area (Å²) in [6, 6.07) is 0.728. The molecule has 0 aromatic carbocycles. The van der Waals surface area contributed by atoms with Crippen LogP contribution in [0.15, 0.2) is 0 Å². The minimum Gasteiger partial charge on any atom is -0.340 e. The molecule has 106 valence electrons. The van der Waals surface area contributed by atoms with Crippen molar-refractivity contribution in [3.8, 4) is 0 Å². The van der Waals surface area contributed by atoms with Gasteiger partial charge < -0.3 is 15.1 Å². The van der Waals surface area contributed by atoms with E-state index in [1.165, 1.54) is 25.7 Å². The lowest BCUT2D eigenvalue weighted by Gasteiger charge is -2.29. The minimum absolute atomic E-state index is 0. The first-order chi connectivity index (χ1) is 8.27. The van der Waals surface area contributed by atoms with Crippen LogP contribution in [-0.4, -0.2) is 61.5 Å². The van der Waals surface area contributed by atoms with Gasteiger partial charge in [0, 0.05) is 45.2 Å². The second kappa shape index (κ2) is 7.97. The van der Waals surface area contributed by atoms with Gasteiger partial charge in [-0.25, -0.2) is 0 Å². The van der Waals surface area contributed by atoms with E-state index in [2.05, 4.69) is 17.3 Å². The molecule has 4 nitrogen and oxygen atoms in total. The molecule has 5 heteroatoms. The zero-order chi connectivity index (χ0) is 12.1. The van der Waals surface area contributed by atoms with Crippen LogP contribution in [0.2, 0.25) is 0 Å². The van der Waals surface area contributed by atoms with E-state index in [9.17, 15) is 4.79 Å². The summed E-state index contributed by atoms with van der Waals surface area (Å²) < 4.78 is 0. The number of carbonyl (C=O) groups excluding carboxylic acids is 1. The Labute approximate surface area is 116 Å². The summed E-state index contributed by atoms with van der Waals surface area (Å²) in [5.41, 5.74) is 0. The van der Waals surface area contributed by atoms with Gasteiger partial charge in [0.2, 0.25) is 5.91 Å². The second-order valence-electron chi connectivity index (χ2n) is 5.30. The molecule has 1 heterocycles. The van der Waals surface area contributed by atoms with E-state index >= 15 is 0 Å². The maximum absolute atomic E-state index is 12.0. The predicted molar refractivity (Wildman–Crippen MR) is 76.2 cm³/mol. The van der Waals surface area contributed by atoms with Gasteiger partial charge in [-0.2, -0.15) is 0 Å². The lowest BCUT2D eigenvalue weighted by Crippen LogP contribution is -2.47. The topological polar surface area (TPSA) is 35.6 Å². The lowest BCUT2D eigenvalue weighted by molar-refractivity contribution is -0.132. The number of nitrogens with zero attached hydrogens (tertiary/aromatic N) is 2. The molecule has 1 saturated heterocycles. The number of hydrogen-bond acceptors (Lipinski definition) is 3. The summed E-state index contributed by atoms with van der Waals surface area (Å²) >= 11 is 0. The highest BCUT2D eigenvalue weighted by Crippen LogP contribution is 2.22. The molecule has 2 aliphatic rings. The number of amides is 1. The summed E-state index contributed by atoms with van der Waals surface area (Å²) in [7, 11) is 2.17. The Balaban J connectivity index is 0.00000162. The normalized spacial score (nSPS) is 21.1. The van der Waals surface area contributed by atoms with Gasteiger partial charge in [0.15, 0.2) is 0 Å². The molecule has 2 fully saturated rings. The molecular weight excluding hydrogens is 250 g/mol. The van der Waals surface area contributed by atoms with Gasteiger partial charge >= 0.3 is 0 Å². The van der Waals surface area contributed by atoms with Crippen molar-refractivity contribution in [2.45, 2.75) is 38.1 Å². The molecule has 0 aromatic rings. The molecule has 0 bridgehead atoms. The molecule has 0 atom stereocenters. The Morgan fingerprint density at radius 1 is 1.28 bits per heavy atom. The molecule has 1 aliphatic heterocycles. The summed E-state index contributed by atoms with van der Waals surface area (Å²) in [6.45, 7) is 4.58. The molecule has 1 aliphatic carbocycles. The SMILES string of the molecule is CN(CCC(=O)N1CCNCC1)C1CCCC1.Cl. The average Bonchev–Trinajstić information content (AvgIpc) is 2.90. The lowest BCUT2D eigenvalue weighted by atomic mass is 10.2. The first kappa shape index (κ1) is 15.7. The predicted octanol–water partition coefficient (Wildman–Crippen LogP) is 1.10. The third-order valence-electron chi connectivity index (χ3n) is 4.10. The number of piperazine rings is 1. The summed E-state index contributed by atoms with van der Waals surface area (Å²) in [6.07, 6.45) is 6.05. The molecule has 0 aromatic heterocycles. The van der Waals surface area contributed by atoms with E-state index < -0.39 is 0 Å². The third-order valence-corrected chi connectivity index (χ3v) is 4.10. The van der Waals surface area contributed by atoms with Gasteiger partial charge in [-0.1, -0.05) is 12.8 Å². The van der Waals surface area contributed by atoms with Crippen LogP contribution in [0.1, 0.15) is 32.1 Å². The summed E-state index contributed by atoms with van der Waals surface area (Å²) in [5.74, 6) is 0.330. The molecule has 0 unspecified atom stereocenters. The Morgan fingerprint density at radius 2 is 1.89 bits per heavy atom. The molecule has 2 rings (SSSR count). The van der Waals surface area contributed by atoms with Crippen molar-refractivity contribution in [2.24, 2.45) is 0 Å². The number of rotatable bonds is 4. The van der Waals surface area contributed by atoms with Crippen molar-refractivity contribution in [1.29, 1.82) is 0 Å². The number of carbonyl (C=O) groups is 1. The highest BCUT2D eigenvalue weighted by molar-refractivity contribution is 5.85. The summed E-state index contributed by atoms with van der Waals surface area (Å²) in [5, 5.41) is 3.27. The van der Waals surface area contributed by atoms with Crippen LogP contribution in [-0.2, 0) is 4.79 Å². The highest BCUT2D eigenvalue weighted by Gasteiger charge is 2.21. The summed E-state index contributed by atoms with van der Waals surface area (Å²) in [4.78, 5) is 16.4. The van der Waals surface area contributed by atoms with E-state index in [-0.39, 0.29) is 12.4 Å². The highest BCUT2D eigenvalue weighted by atomic mass is 35.5. The van der Waals surface area contributed by atoms with Crippen LogP contribution in [0.25, 0.3) is 0 Å². The zero-order valence-electron chi connectivity index (χ0n) is 11.4. The first-order valence-electron chi connectivity index (χ1n) is 6.96. The van der Waals surface area contributed by atoms with Gasteiger partial charge in [0.05, 0.1) is 0 Å². The molecule has 0 radical (unpaired) electrons. The standard InChI is InChI=1S/C13H25N3O.ClH/c1-15(12-4-2-3-5-12)9-6-13(17)16-10-7-14-8-11-16;/h12,14H,2-11H2,1H3;1H. The quantitative estimate of drug-likeness (QED) is 0.835. The van der Waals surface area contributed by atoms with E-state index in [0.29, 0.717) is 12.3 Å². The van der Waals surface area contributed by atoms with Gasteiger partial charge in [-0.15, -0.1) is 12.4 Å². The van der Waals surface area contributed by atoms with Gasteiger partial charge in [0.1, 0.15) is 0 Å². The average molecular weight is 276 g/mol. The van der Waals surface area contributed by atoms with Crippen molar-refractivity contribution in [2.75, 3.05) is 39.8 Å². The fourth-order valence-electron chi connectivity index (χ4n) is 2.87. The Hall–Kier alpha value is -0.320. The van der Waals surface area contributed by atoms with Crippen LogP contribution < -0.4 is 5.32 Å². The van der Waals surface area contributed by atoms with Crippen molar-refractivity contribution in [1.82, 2.24) is 15.1 Å². The van der Waals surface area contributed by atoms with Crippen LogP contribution in [0.5, 0.6) is 0 Å². The Kier molecular flexibility index (Phi) is 6.97. The van der Waals surface area contributed by atoms with Crippen LogP contribution in [0.4, 0.5) is 0 Å². The number of halogens is 1. The van der Waals surface area contributed by atoms with Gasteiger partial charge in [-0.3, -0.25) is 4.79 Å². The number of nitrogens with one attached hydrogen (secondary N) is 1. The minimum atomic E-state index is 0. The zero-order valence-corrected chi connectivity index (χ0v) is 12.2. The molecular formula is C13H26ClN3O. The van der Waals surface area contributed by atoms with Crippen molar-refractivity contribution in [3.63, 3.8) is 0 Å². The van der Waals surface area contributed by atoms with Crippen LogP contribution >= 0.6 is 12.4 Å². The fraction of sp³-hybridized carbons (Fsp3) is 0.923. The molecule has 1 N–H and O–H groups in total. The molecule has 1 amide bonds. The van der Waals surface area contributed by atoms with Crippen LogP contribution in [0, 0.1) is 0 Å². The molecule has 0 spiro atoms. The van der Waals surface area contributed by atoms with Gasteiger partial charge in [0.25, 0.3) is 0 Å².